The van der Waals surface area contributed by atoms with Gasteiger partial charge in [0.05, 0.1) is 24.7 Å². The van der Waals surface area contributed by atoms with Crippen molar-refractivity contribution in [3.63, 3.8) is 0 Å². The molecule has 1 amide bonds. The maximum absolute atomic E-state index is 12.8. The first-order valence-corrected chi connectivity index (χ1v) is 10.1. The van der Waals surface area contributed by atoms with Crippen molar-refractivity contribution in [2.45, 2.75) is 20.3 Å². The van der Waals surface area contributed by atoms with Crippen molar-refractivity contribution in [3.8, 4) is 11.5 Å². The second-order valence-corrected chi connectivity index (χ2v) is 6.85. The van der Waals surface area contributed by atoms with Gasteiger partial charge in [-0.3, -0.25) is 9.78 Å². The molecule has 31 heavy (non-hydrogen) atoms. The second kappa shape index (κ2) is 10.4. The van der Waals surface area contributed by atoms with Gasteiger partial charge in [-0.25, -0.2) is 4.79 Å². The Hall–Kier alpha value is -3.61. The van der Waals surface area contributed by atoms with Gasteiger partial charge < -0.3 is 19.5 Å². The van der Waals surface area contributed by atoms with Gasteiger partial charge in [-0.15, -0.1) is 0 Å². The largest absolute Gasteiger partial charge is 0.493 e. The van der Waals surface area contributed by atoms with Gasteiger partial charge in [-0.1, -0.05) is 37.3 Å². The molecule has 1 N–H and O–H groups in total. The van der Waals surface area contributed by atoms with Crippen LogP contribution in [0.4, 0.5) is 0 Å². The number of methoxy groups -OCH3 is 1. The monoisotopic (exact) mass is 422 g/mol. The first-order valence-electron chi connectivity index (χ1n) is 10.1. The third-order valence-corrected chi connectivity index (χ3v) is 4.86. The second-order valence-electron chi connectivity index (χ2n) is 6.85. The van der Waals surface area contributed by atoms with Crippen molar-refractivity contribution in [2.75, 3.05) is 26.9 Å². The summed E-state index contributed by atoms with van der Waals surface area (Å²) in [6.45, 7) is 3.99. The van der Waals surface area contributed by atoms with Gasteiger partial charge in [0, 0.05) is 11.1 Å². The summed E-state index contributed by atoms with van der Waals surface area (Å²) in [5, 5.41) is 3.39. The van der Waals surface area contributed by atoms with Gasteiger partial charge >= 0.3 is 5.97 Å². The first kappa shape index (κ1) is 22.1. The minimum absolute atomic E-state index is 0.258. The van der Waals surface area contributed by atoms with E-state index in [0.717, 1.165) is 16.8 Å². The Morgan fingerprint density at radius 3 is 2.48 bits per heavy atom. The van der Waals surface area contributed by atoms with E-state index in [9.17, 15) is 9.59 Å². The highest BCUT2D eigenvalue weighted by Gasteiger charge is 2.19. The zero-order chi connectivity index (χ0) is 22.2. The number of hydrogen-bond donors (Lipinski definition) is 1. The summed E-state index contributed by atoms with van der Waals surface area (Å²) in [7, 11) is 1.56. The number of benzene rings is 2. The molecule has 0 aliphatic heterocycles. The van der Waals surface area contributed by atoms with Gasteiger partial charge in [0.1, 0.15) is 6.61 Å². The number of carbonyl (C=O) groups is 2. The van der Waals surface area contributed by atoms with Crippen LogP contribution in [0.3, 0.4) is 0 Å². The zero-order valence-electron chi connectivity index (χ0n) is 17.9. The van der Waals surface area contributed by atoms with E-state index in [1.165, 1.54) is 0 Å². The molecule has 0 radical (unpaired) electrons. The molecule has 3 aromatic rings. The van der Waals surface area contributed by atoms with E-state index in [0.29, 0.717) is 28.9 Å². The summed E-state index contributed by atoms with van der Waals surface area (Å²) in [6.07, 6.45) is 0.698. The number of hydrogen-bond acceptors (Lipinski definition) is 6. The molecular weight excluding hydrogens is 396 g/mol. The predicted octanol–water partition coefficient (Wildman–Crippen LogP) is 3.47. The molecule has 7 nitrogen and oxygen atoms in total. The highest BCUT2D eigenvalue weighted by Crippen LogP contribution is 2.26. The van der Waals surface area contributed by atoms with Crippen molar-refractivity contribution in [2.24, 2.45) is 0 Å². The lowest BCUT2D eigenvalue weighted by Gasteiger charge is -2.13. The summed E-state index contributed by atoms with van der Waals surface area (Å²) in [6, 6.07) is 14.7. The molecule has 2 aromatic carbocycles. The molecule has 0 unspecified atom stereocenters. The number of aromatic nitrogens is 1. The van der Waals surface area contributed by atoms with Gasteiger partial charge in [0.15, 0.2) is 18.1 Å². The Morgan fingerprint density at radius 2 is 1.74 bits per heavy atom. The van der Waals surface area contributed by atoms with Crippen LogP contribution in [0.25, 0.3) is 10.9 Å². The van der Waals surface area contributed by atoms with E-state index in [1.54, 1.807) is 19.2 Å². The van der Waals surface area contributed by atoms with Crippen molar-refractivity contribution < 1.29 is 23.8 Å². The quantitative estimate of drug-likeness (QED) is 0.420. The van der Waals surface area contributed by atoms with E-state index in [-0.39, 0.29) is 19.8 Å². The summed E-state index contributed by atoms with van der Waals surface area (Å²) < 4.78 is 16.1. The third kappa shape index (κ3) is 5.31. The van der Waals surface area contributed by atoms with E-state index in [4.69, 9.17) is 14.2 Å². The number of ether oxygens (including phenoxy) is 3. The fourth-order valence-corrected chi connectivity index (χ4v) is 3.31. The standard InChI is InChI=1S/C24H26N2O5/c1-4-18-16(2)23(17-9-5-6-10-19(17)26-18)24(28)31-15-22(27)25-13-14-30-21-12-8-7-11-20(21)29-3/h5-12H,4,13-15H2,1-3H3,(H,25,27). The van der Waals surface area contributed by atoms with Gasteiger partial charge in [-0.2, -0.15) is 0 Å². The molecule has 162 valence electrons. The van der Waals surface area contributed by atoms with Crippen LogP contribution < -0.4 is 14.8 Å². The molecule has 1 aromatic heterocycles. The Labute approximate surface area is 181 Å². The number of aryl methyl sites for hydroxylation is 1. The van der Waals surface area contributed by atoms with Crippen LogP contribution in [-0.2, 0) is 16.0 Å². The van der Waals surface area contributed by atoms with Crippen LogP contribution in [-0.4, -0.2) is 43.7 Å². The molecule has 1 heterocycles. The zero-order valence-corrected chi connectivity index (χ0v) is 17.9. The molecule has 0 saturated heterocycles. The number of amides is 1. The molecule has 7 heteroatoms. The van der Waals surface area contributed by atoms with E-state index in [1.807, 2.05) is 50.2 Å². The predicted molar refractivity (Wildman–Crippen MR) is 118 cm³/mol. The van der Waals surface area contributed by atoms with Crippen LogP contribution in [0.5, 0.6) is 11.5 Å². The van der Waals surface area contributed by atoms with E-state index < -0.39 is 11.9 Å². The smallest absolute Gasteiger partial charge is 0.339 e. The number of carbonyl (C=O) groups excluding carboxylic acids is 2. The van der Waals surface area contributed by atoms with Crippen molar-refractivity contribution in [1.82, 2.24) is 10.3 Å². The van der Waals surface area contributed by atoms with Gasteiger partial charge in [0.25, 0.3) is 5.91 Å². The van der Waals surface area contributed by atoms with Gasteiger partial charge in [-0.05, 0) is 37.1 Å². The maximum atomic E-state index is 12.8. The van der Waals surface area contributed by atoms with Gasteiger partial charge in [0.2, 0.25) is 0 Å². The fourth-order valence-electron chi connectivity index (χ4n) is 3.31. The molecule has 0 aliphatic carbocycles. The Bertz CT molecular complexity index is 1080. The SMILES string of the molecule is CCc1nc2ccccc2c(C(=O)OCC(=O)NCCOc2ccccc2OC)c1C. The number of rotatable bonds is 9. The summed E-state index contributed by atoms with van der Waals surface area (Å²) in [4.78, 5) is 29.5. The van der Waals surface area contributed by atoms with Crippen molar-refractivity contribution in [3.05, 3.63) is 65.4 Å². The first-order chi connectivity index (χ1) is 15.0. The maximum Gasteiger partial charge on any atom is 0.339 e. The lowest BCUT2D eigenvalue weighted by atomic mass is 10.0. The molecule has 0 saturated carbocycles. The Balaban J connectivity index is 1.55. The van der Waals surface area contributed by atoms with E-state index >= 15 is 0 Å². The molecule has 0 aliphatic rings. The average Bonchev–Trinajstić information content (AvgIpc) is 2.80. The minimum atomic E-state index is -0.536. The molecular formula is C24H26N2O5. The molecule has 3 rings (SSSR count). The normalized spacial score (nSPS) is 10.5. The van der Waals surface area contributed by atoms with Crippen molar-refractivity contribution >= 4 is 22.8 Å². The Kier molecular flexibility index (Phi) is 7.43. The lowest BCUT2D eigenvalue weighted by Crippen LogP contribution is -2.32. The highest BCUT2D eigenvalue weighted by molar-refractivity contribution is 6.05. The number of nitrogens with zero attached hydrogens (tertiary/aromatic N) is 1. The molecule has 0 spiro atoms. The number of fused-ring (bicyclic) bond motifs is 1. The third-order valence-electron chi connectivity index (χ3n) is 4.86. The molecule has 0 fully saturated rings. The summed E-state index contributed by atoms with van der Waals surface area (Å²) in [5.74, 6) is 0.279. The summed E-state index contributed by atoms with van der Waals surface area (Å²) in [5.41, 5.74) is 2.80. The number of para-hydroxylation sites is 3. The number of nitrogens with one attached hydrogen (secondary N) is 1. The molecule has 0 bridgehead atoms. The van der Waals surface area contributed by atoms with Crippen LogP contribution in [0.15, 0.2) is 48.5 Å². The minimum Gasteiger partial charge on any atom is -0.493 e. The van der Waals surface area contributed by atoms with E-state index in [2.05, 4.69) is 10.3 Å². The number of esters is 1. The highest BCUT2D eigenvalue weighted by atomic mass is 16.5. The van der Waals surface area contributed by atoms with Crippen LogP contribution in [0.1, 0.15) is 28.5 Å². The average molecular weight is 422 g/mol. The lowest BCUT2D eigenvalue weighted by molar-refractivity contribution is -0.124. The topological polar surface area (TPSA) is 86.8 Å². The van der Waals surface area contributed by atoms with Crippen molar-refractivity contribution in [1.29, 1.82) is 0 Å². The van der Waals surface area contributed by atoms with Crippen LogP contribution in [0.2, 0.25) is 0 Å². The van der Waals surface area contributed by atoms with Crippen LogP contribution >= 0.6 is 0 Å². The fraction of sp³-hybridized carbons (Fsp3) is 0.292. The summed E-state index contributed by atoms with van der Waals surface area (Å²) >= 11 is 0. The van der Waals surface area contributed by atoms with Crippen LogP contribution in [0, 0.1) is 6.92 Å². The number of pyridine rings is 1. The Morgan fingerprint density at radius 1 is 1.03 bits per heavy atom. The molecule has 0 atom stereocenters.